The number of alkyl halides is 1. The summed E-state index contributed by atoms with van der Waals surface area (Å²) in [4.78, 5) is 4.42. The summed E-state index contributed by atoms with van der Waals surface area (Å²) in [5.41, 5.74) is 0. The molecule has 0 amide bonds. The predicted octanol–water partition coefficient (Wildman–Crippen LogP) is 5.80. The maximum absolute atomic E-state index is 6.03. The lowest BCUT2D eigenvalue weighted by Gasteiger charge is -2.22. The van der Waals surface area contributed by atoms with Gasteiger partial charge in [0, 0.05) is 10.6 Å². The van der Waals surface area contributed by atoms with Crippen LogP contribution < -0.4 is 0 Å². The van der Waals surface area contributed by atoms with Gasteiger partial charge in [0.1, 0.15) is 0 Å². The third kappa shape index (κ3) is 3.47. The maximum atomic E-state index is 6.03. The van der Waals surface area contributed by atoms with E-state index in [-0.39, 0.29) is 15.1 Å². The summed E-state index contributed by atoms with van der Waals surface area (Å²) < 4.78 is -0.219. The second-order valence-corrected chi connectivity index (χ2v) is 7.10. The van der Waals surface area contributed by atoms with Crippen molar-refractivity contribution >= 4 is 69.8 Å². The molecule has 0 atom stereocenters. The van der Waals surface area contributed by atoms with Crippen LogP contribution in [0.4, 0.5) is 0 Å². The SMILES string of the molecule is CC(C)(CCl)Sc1c(Cl)c(Cl)nc(Cl)c1Cl. The highest BCUT2D eigenvalue weighted by atomic mass is 35.5. The minimum Gasteiger partial charge on any atom is -0.221 e. The number of thioether (sulfide) groups is 1. The largest absolute Gasteiger partial charge is 0.221 e. The molecule has 0 aromatic carbocycles. The fourth-order valence-electron chi connectivity index (χ4n) is 0.861. The van der Waals surface area contributed by atoms with E-state index in [0.717, 1.165) is 0 Å². The van der Waals surface area contributed by atoms with Crippen LogP contribution in [0.2, 0.25) is 20.4 Å². The highest BCUT2D eigenvalue weighted by Crippen LogP contribution is 2.45. The van der Waals surface area contributed by atoms with E-state index in [9.17, 15) is 0 Å². The lowest BCUT2D eigenvalue weighted by molar-refractivity contribution is 0.811. The van der Waals surface area contributed by atoms with Gasteiger partial charge in [-0.1, -0.05) is 46.4 Å². The van der Waals surface area contributed by atoms with Crippen molar-refractivity contribution < 1.29 is 0 Å². The van der Waals surface area contributed by atoms with Crippen LogP contribution >= 0.6 is 69.8 Å². The van der Waals surface area contributed by atoms with E-state index in [1.54, 1.807) is 0 Å². The van der Waals surface area contributed by atoms with Gasteiger partial charge < -0.3 is 0 Å². The van der Waals surface area contributed by atoms with Gasteiger partial charge in [0.25, 0.3) is 0 Å². The molecule has 0 saturated carbocycles. The summed E-state index contributed by atoms with van der Waals surface area (Å²) in [6.45, 7) is 3.94. The van der Waals surface area contributed by atoms with Gasteiger partial charge >= 0.3 is 0 Å². The van der Waals surface area contributed by atoms with Crippen LogP contribution in [0, 0.1) is 0 Å². The van der Waals surface area contributed by atoms with Crippen LogP contribution in [-0.4, -0.2) is 15.6 Å². The topological polar surface area (TPSA) is 12.9 Å². The monoisotopic (exact) mass is 337 g/mol. The molecule has 0 aliphatic rings. The van der Waals surface area contributed by atoms with Gasteiger partial charge in [0.05, 0.1) is 14.9 Å². The average molecular weight is 340 g/mol. The molecular weight excluding hydrogens is 331 g/mol. The summed E-state index contributed by atoms with van der Waals surface area (Å²) >= 11 is 31.0. The van der Waals surface area contributed by atoms with Crippen molar-refractivity contribution in [2.75, 3.05) is 5.88 Å². The molecular formula is C9H8Cl5NS. The highest BCUT2D eigenvalue weighted by molar-refractivity contribution is 8.01. The van der Waals surface area contributed by atoms with Gasteiger partial charge in [-0.2, -0.15) is 0 Å². The van der Waals surface area contributed by atoms with Crippen LogP contribution in [0.1, 0.15) is 13.8 Å². The lowest BCUT2D eigenvalue weighted by Crippen LogP contribution is -2.16. The van der Waals surface area contributed by atoms with Crippen LogP contribution in [0.3, 0.4) is 0 Å². The molecule has 90 valence electrons. The van der Waals surface area contributed by atoms with Crippen LogP contribution in [0.5, 0.6) is 0 Å². The summed E-state index contributed by atoms with van der Waals surface area (Å²) in [6.07, 6.45) is 0. The zero-order valence-corrected chi connectivity index (χ0v) is 13.0. The second kappa shape index (κ2) is 5.73. The molecule has 0 spiro atoms. The van der Waals surface area contributed by atoms with Crippen LogP contribution in [0.15, 0.2) is 4.90 Å². The summed E-state index contributed by atoms with van der Waals surface area (Å²) in [7, 11) is 0. The fraction of sp³-hybridized carbons (Fsp3) is 0.444. The first-order valence-corrected chi connectivity index (χ1v) is 7.10. The number of nitrogens with zero attached hydrogens (tertiary/aromatic N) is 1. The first-order chi connectivity index (χ1) is 7.28. The molecule has 0 aliphatic carbocycles. The van der Waals surface area contributed by atoms with E-state index < -0.39 is 0 Å². The molecule has 0 aliphatic heterocycles. The fourth-order valence-corrected chi connectivity index (χ4v) is 3.07. The van der Waals surface area contributed by atoms with Gasteiger partial charge in [-0.25, -0.2) is 4.98 Å². The number of hydrogen-bond donors (Lipinski definition) is 0. The van der Waals surface area contributed by atoms with E-state index in [0.29, 0.717) is 20.8 Å². The maximum Gasteiger partial charge on any atom is 0.150 e. The average Bonchev–Trinajstić information content (AvgIpc) is 2.22. The third-order valence-corrected chi connectivity index (χ3v) is 5.49. The Balaban J connectivity index is 3.23. The Labute approximate surface area is 124 Å². The van der Waals surface area contributed by atoms with Crippen LogP contribution in [0.25, 0.3) is 0 Å². The Hall–Kier alpha value is 0.950. The Morgan fingerprint density at radius 2 is 1.50 bits per heavy atom. The number of aromatic nitrogens is 1. The molecule has 0 saturated heterocycles. The van der Waals surface area contributed by atoms with E-state index in [1.807, 2.05) is 13.8 Å². The Bertz CT molecular complexity index is 381. The normalized spacial score (nSPS) is 11.9. The molecule has 0 N–H and O–H groups in total. The Morgan fingerprint density at radius 3 is 1.88 bits per heavy atom. The first kappa shape index (κ1) is 15.0. The van der Waals surface area contributed by atoms with E-state index >= 15 is 0 Å². The molecule has 1 rings (SSSR count). The number of rotatable bonds is 3. The smallest absolute Gasteiger partial charge is 0.150 e. The molecule has 1 aromatic heterocycles. The minimum atomic E-state index is -0.219. The standard InChI is InChI=1S/C9H8Cl5NS/c1-9(2,3-10)16-6-4(11)7(13)15-8(14)5(6)12/h3H2,1-2H3. The van der Waals surface area contributed by atoms with Crippen molar-refractivity contribution in [2.24, 2.45) is 0 Å². The van der Waals surface area contributed by atoms with Crippen LogP contribution in [-0.2, 0) is 0 Å². The number of pyridine rings is 1. The molecule has 1 nitrogen and oxygen atoms in total. The molecule has 0 fully saturated rings. The summed E-state index contributed by atoms with van der Waals surface area (Å²) in [6, 6.07) is 0. The molecule has 1 heterocycles. The lowest BCUT2D eigenvalue weighted by atomic mass is 10.2. The quantitative estimate of drug-likeness (QED) is 0.392. The molecule has 0 radical (unpaired) electrons. The Morgan fingerprint density at radius 1 is 1.06 bits per heavy atom. The van der Waals surface area contributed by atoms with Crippen molar-refractivity contribution in [3.05, 3.63) is 20.4 Å². The third-order valence-electron chi connectivity index (χ3n) is 1.66. The van der Waals surface area contributed by atoms with E-state index in [2.05, 4.69) is 4.98 Å². The molecule has 16 heavy (non-hydrogen) atoms. The first-order valence-electron chi connectivity index (χ1n) is 4.23. The van der Waals surface area contributed by atoms with Crippen molar-refractivity contribution in [3.8, 4) is 0 Å². The predicted molar refractivity (Wildman–Crippen MR) is 74.9 cm³/mol. The number of hydrogen-bond acceptors (Lipinski definition) is 2. The van der Waals surface area contributed by atoms with Crippen molar-refractivity contribution in [1.82, 2.24) is 4.98 Å². The molecule has 0 bridgehead atoms. The van der Waals surface area contributed by atoms with Gasteiger partial charge in [-0.15, -0.1) is 23.4 Å². The Kier molecular flexibility index (Phi) is 5.37. The highest BCUT2D eigenvalue weighted by Gasteiger charge is 2.24. The summed E-state index contributed by atoms with van der Waals surface area (Å²) in [5, 5.41) is 0.895. The molecule has 1 aromatic rings. The summed E-state index contributed by atoms with van der Waals surface area (Å²) in [5.74, 6) is 0.446. The van der Waals surface area contributed by atoms with Gasteiger partial charge in [-0.05, 0) is 13.8 Å². The van der Waals surface area contributed by atoms with Gasteiger partial charge in [0.2, 0.25) is 0 Å². The van der Waals surface area contributed by atoms with Crippen molar-refractivity contribution in [1.29, 1.82) is 0 Å². The van der Waals surface area contributed by atoms with Gasteiger partial charge in [0.15, 0.2) is 10.3 Å². The van der Waals surface area contributed by atoms with E-state index in [1.165, 1.54) is 11.8 Å². The van der Waals surface area contributed by atoms with Crippen molar-refractivity contribution in [3.63, 3.8) is 0 Å². The van der Waals surface area contributed by atoms with E-state index in [4.69, 9.17) is 58.0 Å². The van der Waals surface area contributed by atoms with Crippen molar-refractivity contribution in [2.45, 2.75) is 23.5 Å². The number of halogens is 5. The molecule has 0 unspecified atom stereocenters. The minimum absolute atomic E-state index is 0.143. The second-order valence-electron chi connectivity index (χ2n) is 3.65. The zero-order chi connectivity index (χ0) is 12.5. The zero-order valence-electron chi connectivity index (χ0n) is 8.45. The van der Waals surface area contributed by atoms with Gasteiger partial charge in [-0.3, -0.25) is 0 Å². The molecule has 7 heteroatoms.